The van der Waals surface area contributed by atoms with E-state index in [1.807, 2.05) is 0 Å². The summed E-state index contributed by atoms with van der Waals surface area (Å²) in [7, 11) is 2.22. The van der Waals surface area contributed by atoms with Crippen LogP contribution in [0.5, 0.6) is 0 Å². The SMILES string of the molecule is CCNC(=NCC(C)N1CCN(C)CC1)N1CCSC2(CCCCC2)C1. The molecule has 3 fully saturated rings. The van der Waals surface area contributed by atoms with Gasteiger partial charge >= 0.3 is 0 Å². The summed E-state index contributed by atoms with van der Waals surface area (Å²) in [4.78, 5) is 12.7. The third-order valence-corrected chi connectivity index (χ3v) is 7.85. The van der Waals surface area contributed by atoms with E-state index in [9.17, 15) is 0 Å². The summed E-state index contributed by atoms with van der Waals surface area (Å²) in [5.41, 5.74) is 0. The molecule has 1 aliphatic carbocycles. The highest BCUT2D eigenvalue weighted by Crippen LogP contribution is 2.42. The molecule has 0 aromatic rings. The van der Waals surface area contributed by atoms with Crippen molar-refractivity contribution >= 4 is 17.7 Å². The first kappa shape index (κ1) is 20.3. The monoisotopic (exact) mass is 381 g/mol. The molecule has 0 bridgehead atoms. The summed E-state index contributed by atoms with van der Waals surface area (Å²) in [6.45, 7) is 13.4. The van der Waals surface area contributed by atoms with E-state index in [2.05, 4.69) is 52.7 Å². The number of hydrogen-bond donors (Lipinski definition) is 1. The summed E-state index contributed by atoms with van der Waals surface area (Å²) in [5, 5.41) is 3.58. The van der Waals surface area contributed by atoms with Crippen molar-refractivity contribution in [3.8, 4) is 0 Å². The largest absolute Gasteiger partial charge is 0.357 e. The number of guanidine groups is 1. The van der Waals surface area contributed by atoms with Gasteiger partial charge in [0.15, 0.2) is 5.96 Å². The molecule has 1 N–H and O–H groups in total. The van der Waals surface area contributed by atoms with Gasteiger partial charge in [-0.05, 0) is 33.7 Å². The molecule has 1 spiro atoms. The molecule has 150 valence electrons. The van der Waals surface area contributed by atoms with Crippen molar-refractivity contribution in [2.75, 3.05) is 65.2 Å². The molecule has 0 radical (unpaired) electrons. The topological polar surface area (TPSA) is 34.1 Å². The van der Waals surface area contributed by atoms with Crippen molar-refractivity contribution in [3.05, 3.63) is 0 Å². The number of thioether (sulfide) groups is 1. The molecule has 6 heteroatoms. The maximum absolute atomic E-state index is 5.08. The van der Waals surface area contributed by atoms with Gasteiger partial charge in [0, 0.05) is 62.4 Å². The lowest BCUT2D eigenvalue weighted by atomic mass is 9.87. The van der Waals surface area contributed by atoms with Gasteiger partial charge in [-0.1, -0.05) is 19.3 Å². The molecule has 1 unspecified atom stereocenters. The highest BCUT2D eigenvalue weighted by atomic mass is 32.2. The van der Waals surface area contributed by atoms with Crippen molar-refractivity contribution in [1.29, 1.82) is 0 Å². The standard InChI is InChI=1S/C20H39N5S/c1-4-21-19(22-16-18(2)24-12-10-23(3)11-13-24)25-14-15-26-20(17-25)8-6-5-7-9-20/h18H,4-17H2,1-3H3,(H,21,22). The number of aliphatic imine (C=N–C) groups is 1. The van der Waals surface area contributed by atoms with Crippen LogP contribution in [0.4, 0.5) is 0 Å². The Hall–Kier alpha value is -0.460. The average molecular weight is 382 g/mol. The van der Waals surface area contributed by atoms with Crippen molar-refractivity contribution < 1.29 is 0 Å². The van der Waals surface area contributed by atoms with E-state index in [1.165, 1.54) is 70.6 Å². The lowest BCUT2D eigenvalue weighted by Crippen LogP contribution is -2.54. The summed E-state index contributed by atoms with van der Waals surface area (Å²) in [5.74, 6) is 2.40. The molecule has 0 amide bonds. The molecule has 3 aliphatic rings. The number of hydrogen-bond acceptors (Lipinski definition) is 4. The summed E-state index contributed by atoms with van der Waals surface area (Å²) >= 11 is 2.24. The fraction of sp³-hybridized carbons (Fsp3) is 0.950. The average Bonchev–Trinajstić information content (AvgIpc) is 2.66. The molecule has 0 aromatic carbocycles. The van der Waals surface area contributed by atoms with Crippen LogP contribution in [-0.4, -0.2) is 96.6 Å². The van der Waals surface area contributed by atoms with Crippen LogP contribution in [0.25, 0.3) is 0 Å². The van der Waals surface area contributed by atoms with Gasteiger partial charge in [0.05, 0.1) is 6.54 Å². The normalized spacial score (nSPS) is 26.9. The van der Waals surface area contributed by atoms with Gasteiger partial charge in [0.2, 0.25) is 0 Å². The van der Waals surface area contributed by atoms with E-state index < -0.39 is 0 Å². The van der Waals surface area contributed by atoms with Gasteiger partial charge in [-0.2, -0.15) is 11.8 Å². The van der Waals surface area contributed by atoms with E-state index in [-0.39, 0.29) is 0 Å². The Morgan fingerprint density at radius 2 is 1.85 bits per heavy atom. The Kier molecular flexibility index (Phi) is 7.53. The molecule has 5 nitrogen and oxygen atoms in total. The van der Waals surface area contributed by atoms with Crippen LogP contribution >= 0.6 is 11.8 Å². The molecule has 2 saturated heterocycles. The zero-order chi connectivity index (χ0) is 18.4. The van der Waals surface area contributed by atoms with Crippen molar-refractivity contribution in [2.24, 2.45) is 4.99 Å². The minimum atomic E-state index is 0.496. The Balaban J connectivity index is 1.59. The Bertz CT molecular complexity index is 450. The Morgan fingerprint density at radius 1 is 1.12 bits per heavy atom. The molecule has 0 aromatic heterocycles. The Morgan fingerprint density at radius 3 is 2.54 bits per heavy atom. The summed E-state index contributed by atoms with van der Waals surface area (Å²) in [6.07, 6.45) is 7.04. The first-order valence-electron chi connectivity index (χ1n) is 10.7. The predicted molar refractivity (Wildman–Crippen MR) is 114 cm³/mol. The molecule has 26 heavy (non-hydrogen) atoms. The van der Waals surface area contributed by atoms with Crippen LogP contribution in [0.15, 0.2) is 4.99 Å². The maximum Gasteiger partial charge on any atom is 0.194 e. The fourth-order valence-electron chi connectivity index (χ4n) is 4.55. The smallest absolute Gasteiger partial charge is 0.194 e. The van der Waals surface area contributed by atoms with E-state index >= 15 is 0 Å². The molecular weight excluding hydrogens is 342 g/mol. The van der Waals surface area contributed by atoms with Crippen LogP contribution in [-0.2, 0) is 0 Å². The third kappa shape index (κ3) is 5.29. The summed E-state index contributed by atoms with van der Waals surface area (Å²) < 4.78 is 0.496. The lowest BCUT2D eigenvalue weighted by Gasteiger charge is -2.45. The van der Waals surface area contributed by atoms with Crippen LogP contribution in [0.1, 0.15) is 46.0 Å². The van der Waals surface area contributed by atoms with Crippen LogP contribution in [0.2, 0.25) is 0 Å². The first-order chi connectivity index (χ1) is 12.6. The number of nitrogens with zero attached hydrogens (tertiary/aromatic N) is 4. The molecule has 1 atom stereocenters. The maximum atomic E-state index is 5.08. The highest BCUT2D eigenvalue weighted by Gasteiger charge is 2.38. The van der Waals surface area contributed by atoms with Gasteiger partial charge in [0.25, 0.3) is 0 Å². The molecule has 3 rings (SSSR count). The molecule has 2 aliphatic heterocycles. The molecule has 1 saturated carbocycles. The van der Waals surface area contributed by atoms with E-state index in [0.717, 1.165) is 25.6 Å². The van der Waals surface area contributed by atoms with E-state index in [0.29, 0.717) is 10.8 Å². The number of likely N-dealkylation sites (N-methyl/N-ethyl adjacent to an activating group) is 1. The van der Waals surface area contributed by atoms with Crippen LogP contribution in [0, 0.1) is 0 Å². The van der Waals surface area contributed by atoms with Crippen molar-refractivity contribution in [3.63, 3.8) is 0 Å². The second-order valence-corrected chi connectivity index (χ2v) is 9.96. The van der Waals surface area contributed by atoms with Gasteiger partial charge in [0.1, 0.15) is 0 Å². The zero-order valence-electron chi connectivity index (χ0n) is 17.2. The Labute approximate surface area is 165 Å². The first-order valence-corrected chi connectivity index (χ1v) is 11.7. The second-order valence-electron chi connectivity index (χ2n) is 8.40. The number of piperazine rings is 1. The summed E-state index contributed by atoms with van der Waals surface area (Å²) in [6, 6.07) is 0.528. The van der Waals surface area contributed by atoms with Crippen molar-refractivity contribution in [2.45, 2.75) is 56.7 Å². The third-order valence-electron chi connectivity index (χ3n) is 6.31. The lowest BCUT2D eigenvalue weighted by molar-refractivity contribution is 0.122. The second kappa shape index (κ2) is 9.65. The highest BCUT2D eigenvalue weighted by molar-refractivity contribution is 8.00. The predicted octanol–water partition coefficient (Wildman–Crippen LogP) is 2.34. The number of rotatable bonds is 4. The van der Waals surface area contributed by atoms with E-state index in [4.69, 9.17) is 4.99 Å². The zero-order valence-corrected chi connectivity index (χ0v) is 18.0. The minimum Gasteiger partial charge on any atom is -0.357 e. The number of nitrogens with one attached hydrogen (secondary N) is 1. The quantitative estimate of drug-likeness (QED) is 0.597. The van der Waals surface area contributed by atoms with Crippen LogP contribution in [0.3, 0.4) is 0 Å². The minimum absolute atomic E-state index is 0.496. The van der Waals surface area contributed by atoms with Gasteiger partial charge in [-0.15, -0.1) is 0 Å². The van der Waals surface area contributed by atoms with Gasteiger partial charge in [-0.25, -0.2) is 0 Å². The van der Waals surface area contributed by atoms with Crippen LogP contribution < -0.4 is 5.32 Å². The van der Waals surface area contributed by atoms with Gasteiger partial charge in [-0.3, -0.25) is 9.89 Å². The van der Waals surface area contributed by atoms with Gasteiger partial charge < -0.3 is 15.1 Å². The fourth-order valence-corrected chi connectivity index (χ4v) is 6.12. The molecular formula is C20H39N5S. The van der Waals surface area contributed by atoms with E-state index in [1.54, 1.807) is 0 Å². The van der Waals surface area contributed by atoms with Crippen molar-refractivity contribution in [1.82, 2.24) is 20.0 Å². The molecule has 2 heterocycles.